The number of carbonyl (C=O) groups excluding carboxylic acids is 1. The van der Waals surface area contributed by atoms with Crippen molar-refractivity contribution in [3.05, 3.63) is 29.8 Å². The molecule has 22 heavy (non-hydrogen) atoms. The van der Waals surface area contributed by atoms with E-state index in [1.807, 2.05) is 31.2 Å². The molecule has 1 saturated heterocycles. The van der Waals surface area contributed by atoms with E-state index in [9.17, 15) is 9.59 Å². The standard InChI is InChI=1S/C16H21NO5/c1-12-5-2-3-6-14(12)22-9-4-7-15(18)17-8-10-21-11-13(17)16(19)20/h2-3,5-6,13H,4,7-11H2,1H3,(H,19,20). The Morgan fingerprint density at radius 3 is 2.91 bits per heavy atom. The summed E-state index contributed by atoms with van der Waals surface area (Å²) in [7, 11) is 0. The maximum absolute atomic E-state index is 12.1. The first-order valence-corrected chi connectivity index (χ1v) is 7.38. The molecule has 0 bridgehead atoms. The molecular formula is C16H21NO5. The lowest BCUT2D eigenvalue weighted by Crippen LogP contribution is -2.52. The lowest BCUT2D eigenvalue weighted by Gasteiger charge is -2.32. The molecule has 2 rings (SSSR count). The number of para-hydroxylation sites is 1. The Kier molecular flexibility index (Phi) is 5.77. The molecule has 1 aromatic rings. The zero-order valence-electron chi connectivity index (χ0n) is 12.7. The van der Waals surface area contributed by atoms with E-state index in [4.69, 9.17) is 14.6 Å². The number of carboxylic acid groups (broad SMARTS) is 1. The zero-order valence-corrected chi connectivity index (χ0v) is 12.7. The number of hydrogen-bond donors (Lipinski definition) is 1. The van der Waals surface area contributed by atoms with Crippen LogP contribution in [0.1, 0.15) is 18.4 Å². The summed E-state index contributed by atoms with van der Waals surface area (Å²) in [5.74, 6) is -0.377. The summed E-state index contributed by atoms with van der Waals surface area (Å²) in [6, 6.07) is 6.82. The average molecular weight is 307 g/mol. The fourth-order valence-electron chi connectivity index (χ4n) is 2.37. The molecule has 1 heterocycles. The number of rotatable bonds is 6. The van der Waals surface area contributed by atoms with E-state index in [2.05, 4.69) is 0 Å². The molecule has 0 spiro atoms. The predicted octanol–water partition coefficient (Wildman–Crippen LogP) is 1.47. The molecular weight excluding hydrogens is 286 g/mol. The van der Waals surface area contributed by atoms with Crippen molar-refractivity contribution in [1.29, 1.82) is 0 Å². The first-order chi connectivity index (χ1) is 10.6. The fourth-order valence-corrected chi connectivity index (χ4v) is 2.37. The summed E-state index contributed by atoms with van der Waals surface area (Å²) in [5.41, 5.74) is 1.05. The van der Waals surface area contributed by atoms with Crippen molar-refractivity contribution in [3.8, 4) is 5.75 Å². The van der Waals surface area contributed by atoms with Gasteiger partial charge < -0.3 is 19.5 Å². The SMILES string of the molecule is Cc1ccccc1OCCCC(=O)N1CCOCC1C(=O)O. The van der Waals surface area contributed by atoms with Gasteiger partial charge in [-0.25, -0.2) is 4.79 Å². The average Bonchev–Trinajstić information content (AvgIpc) is 2.52. The molecule has 6 heteroatoms. The number of aliphatic carboxylic acids is 1. The molecule has 1 aliphatic rings. The molecule has 1 fully saturated rings. The van der Waals surface area contributed by atoms with E-state index in [1.54, 1.807) is 0 Å². The third-order valence-electron chi connectivity index (χ3n) is 3.62. The number of hydrogen-bond acceptors (Lipinski definition) is 4. The van der Waals surface area contributed by atoms with E-state index in [-0.39, 0.29) is 18.9 Å². The van der Waals surface area contributed by atoms with E-state index in [1.165, 1.54) is 4.90 Å². The van der Waals surface area contributed by atoms with Gasteiger partial charge in [-0.1, -0.05) is 18.2 Å². The van der Waals surface area contributed by atoms with Crippen LogP contribution in [0.2, 0.25) is 0 Å². The van der Waals surface area contributed by atoms with Crippen LogP contribution in [-0.4, -0.2) is 54.3 Å². The maximum atomic E-state index is 12.1. The highest BCUT2D eigenvalue weighted by atomic mass is 16.5. The highest BCUT2D eigenvalue weighted by Crippen LogP contribution is 2.17. The number of ether oxygens (including phenoxy) is 2. The minimum absolute atomic E-state index is 0.0563. The number of amides is 1. The molecule has 1 unspecified atom stereocenters. The number of morpholine rings is 1. The van der Waals surface area contributed by atoms with Crippen LogP contribution < -0.4 is 4.74 Å². The highest BCUT2D eigenvalue weighted by molar-refractivity contribution is 5.84. The second kappa shape index (κ2) is 7.79. The number of aryl methyl sites for hydroxylation is 1. The molecule has 0 radical (unpaired) electrons. The van der Waals surface area contributed by atoms with Gasteiger partial charge in [-0.3, -0.25) is 4.79 Å². The quantitative estimate of drug-likeness (QED) is 0.805. The van der Waals surface area contributed by atoms with Gasteiger partial charge in [-0.15, -0.1) is 0 Å². The van der Waals surface area contributed by atoms with Gasteiger partial charge in [0.15, 0.2) is 6.04 Å². The van der Waals surface area contributed by atoms with Crippen molar-refractivity contribution in [3.63, 3.8) is 0 Å². The topological polar surface area (TPSA) is 76.1 Å². The van der Waals surface area contributed by atoms with Crippen molar-refractivity contribution in [2.24, 2.45) is 0 Å². The molecule has 0 aliphatic carbocycles. The van der Waals surface area contributed by atoms with E-state index >= 15 is 0 Å². The van der Waals surface area contributed by atoms with Gasteiger partial charge in [0.1, 0.15) is 5.75 Å². The Bertz CT molecular complexity index is 531. The minimum atomic E-state index is -1.02. The normalized spacial score (nSPS) is 18.0. The van der Waals surface area contributed by atoms with Crippen LogP contribution in [0.5, 0.6) is 5.75 Å². The Morgan fingerprint density at radius 2 is 2.18 bits per heavy atom. The fraction of sp³-hybridized carbons (Fsp3) is 0.500. The van der Waals surface area contributed by atoms with Gasteiger partial charge in [-0.2, -0.15) is 0 Å². The van der Waals surface area contributed by atoms with Crippen LogP contribution in [0.3, 0.4) is 0 Å². The van der Waals surface area contributed by atoms with Crippen molar-refractivity contribution in [1.82, 2.24) is 4.90 Å². The van der Waals surface area contributed by atoms with Crippen LogP contribution in [0.25, 0.3) is 0 Å². The maximum Gasteiger partial charge on any atom is 0.328 e. The van der Waals surface area contributed by atoms with Crippen molar-refractivity contribution in [2.45, 2.75) is 25.8 Å². The number of carbonyl (C=O) groups is 2. The second-order valence-electron chi connectivity index (χ2n) is 5.23. The lowest BCUT2D eigenvalue weighted by molar-refractivity contribution is -0.158. The summed E-state index contributed by atoms with van der Waals surface area (Å²) >= 11 is 0. The number of carboxylic acids is 1. The van der Waals surface area contributed by atoms with E-state index < -0.39 is 12.0 Å². The highest BCUT2D eigenvalue weighted by Gasteiger charge is 2.32. The van der Waals surface area contributed by atoms with E-state index in [0.717, 1.165) is 11.3 Å². The minimum Gasteiger partial charge on any atom is -0.493 e. The molecule has 1 aliphatic heterocycles. The van der Waals surface area contributed by atoms with Gasteiger partial charge in [0.05, 0.1) is 19.8 Å². The van der Waals surface area contributed by atoms with E-state index in [0.29, 0.717) is 26.2 Å². The third-order valence-corrected chi connectivity index (χ3v) is 3.62. The van der Waals surface area contributed by atoms with Gasteiger partial charge in [-0.05, 0) is 25.0 Å². The summed E-state index contributed by atoms with van der Waals surface area (Å²) < 4.78 is 10.8. The molecule has 1 amide bonds. The summed E-state index contributed by atoms with van der Waals surface area (Å²) in [4.78, 5) is 24.7. The summed E-state index contributed by atoms with van der Waals surface area (Å²) in [6.07, 6.45) is 0.826. The van der Waals surface area contributed by atoms with Gasteiger partial charge in [0.25, 0.3) is 0 Å². The van der Waals surface area contributed by atoms with Gasteiger partial charge >= 0.3 is 5.97 Å². The van der Waals surface area contributed by atoms with Crippen LogP contribution in [0, 0.1) is 6.92 Å². The largest absolute Gasteiger partial charge is 0.493 e. The molecule has 120 valence electrons. The predicted molar refractivity (Wildman–Crippen MR) is 79.9 cm³/mol. The molecule has 0 aromatic heterocycles. The van der Waals surface area contributed by atoms with Crippen molar-refractivity contribution >= 4 is 11.9 Å². The Hall–Kier alpha value is -2.08. The van der Waals surface area contributed by atoms with Gasteiger partial charge in [0, 0.05) is 13.0 Å². The first kappa shape index (κ1) is 16.3. The van der Waals surface area contributed by atoms with Crippen molar-refractivity contribution in [2.75, 3.05) is 26.4 Å². The molecule has 1 N–H and O–H groups in total. The van der Waals surface area contributed by atoms with Crippen LogP contribution in [-0.2, 0) is 14.3 Å². The number of benzene rings is 1. The van der Waals surface area contributed by atoms with Crippen LogP contribution in [0.15, 0.2) is 24.3 Å². The smallest absolute Gasteiger partial charge is 0.328 e. The van der Waals surface area contributed by atoms with Crippen molar-refractivity contribution < 1.29 is 24.2 Å². The third kappa shape index (κ3) is 4.21. The van der Waals surface area contributed by atoms with Gasteiger partial charge in [0.2, 0.25) is 5.91 Å². The molecule has 1 aromatic carbocycles. The Morgan fingerprint density at radius 1 is 1.41 bits per heavy atom. The van der Waals surface area contributed by atoms with Crippen LogP contribution >= 0.6 is 0 Å². The molecule has 0 saturated carbocycles. The number of nitrogens with zero attached hydrogens (tertiary/aromatic N) is 1. The zero-order chi connectivity index (χ0) is 15.9. The monoisotopic (exact) mass is 307 g/mol. The summed E-state index contributed by atoms with van der Waals surface area (Å²) in [5, 5.41) is 9.11. The van der Waals surface area contributed by atoms with Crippen LogP contribution in [0.4, 0.5) is 0 Å². The lowest BCUT2D eigenvalue weighted by atomic mass is 10.2. The Labute approximate surface area is 129 Å². The Balaban J connectivity index is 1.77. The molecule has 6 nitrogen and oxygen atoms in total. The summed E-state index contributed by atoms with van der Waals surface area (Å²) in [6.45, 7) is 3.16. The second-order valence-corrected chi connectivity index (χ2v) is 5.23. The first-order valence-electron chi connectivity index (χ1n) is 7.38. The molecule has 1 atom stereocenters.